The summed E-state index contributed by atoms with van der Waals surface area (Å²) in [5.74, 6) is -2.18. The number of para-hydroxylation sites is 1. The number of hydrogen-bond donors (Lipinski definition) is 1. The molecule has 8 heteroatoms. The van der Waals surface area contributed by atoms with Gasteiger partial charge in [-0.05, 0) is 31.2 Å². The van der Waals surface area contributed by atoms with Gasteiger partial charge in [-0.15, -0.1) is 0 Å². The highest BCUT2D eigenvalue weighted by molar-refractivity contribution is 7.89. The first kappa shape index (κ1) is 19.7. The summed E-state index contributed by atoms with van der Waals surface area (Å²) in [4.78, 5) is 3.52. The Kier molecular flexibility index (Phi) is 6.08. The number of halogens is 2. The summed E-state index contributed by atoms with van der Waals surface area (Å²) < 4.78 is 54.4. The van der Waals surface area contributed by atoms with Crippen LogP contribution in [0, 0.1) is 11.6 Å². The number of rotatable bonds is 6. The zero-order valence-electron chi connectivity index (χ0n) is 15.1. The van der Waals surface area contributed by atoms with Crippen LogP contribution in [-0.4, -0.2) is 52.1 Å². The number of nitrogens with zero attached hydrogens (tertiary/aromatic N) is 2. The highest BCUT2D eigenvalue weighted by Gasteiger charge is 2.26. The van der Waals surface area contributed by atoms with E-state index in [1.165, 1.54) is 5.69 Å². The van der Waals surface area contributed by atoms with Gasteiger partial charge in [-0.25, -0.2) is 21.9 Å². The molecule has 1 atom stereocenters. The number of nitrogens with one attached hydrogen (secondary N) is 1. The minimum absolute atomic E-state index is 0.0848. The van der Waals surface area contributed by atoms with Crippen molar-refractivity contribution in [2.45, 2.75) is 17.9 Å². The van der Waals surface area contributed by atoms with E-state index in [9.17, 15) is 17.2 Å². The average Bonchev–Trinajstić information content (AvgIpc) is 2.67. The molecular formula is C19H23F2N3O2S. The third-order valence-corrected chi connectivity index (χ3v) is 6.29. The maximum absolute atomic E-state index is 13.8. The van der Waals surface area contributed by atoms with E-state index < -0.39 is 26.6 Å². The van der Waals surface area contributed by atoms with Crippen molar-refractivity contribution < 1.29 is 17.2 Å². The molecular weight excluding hydrogens is 372 g/mol. The van der Waals surface area contributed by atoms with Gasteiger partial charge in [0, 0.05) is 44.5 Å². The number of hydrogen-bond acceptors (Lipinski definition) is 4. The van der Waals surface area contributed by atoms with Crippen LogP contribution < -0.4 is 9.62 Å². The Hall–Kier alpha value is -2.03. The lowest BCUT2D eigenvalue weighted by Crippen LogP contribution is -2.52. The van der Waals surface area contributed by atoms with Crippen molar-refractivity contribution in [3.8, 4) is 0 Å². The Morgan fingerprint density at radius 2 is 1.56 bits per heavy atom. The molecule has 1 fully saturated rings. The van der Waals surface area contributed by atoms with E-state index in [-0.39, 0.29) is 12.6 Å². The first-order chi connectivity index (χ1) is 12.9. The zero-order valence-corrected chi connectivity index (χ0v) is 15.9. The molecule has 0 spiro atoms. The van der Waals surface area contributed by atoms with Gasteiger partial charge in [0.2, 0.25) is 10.0 Å². The van der Waals surface area contributed by atoms with Crippen LogP contribution in [0.15, 0.2) is 53.4 Å². The molecule has 0 aliphatic carbocycles. The van der Waals surface area contributed by atoms with E-state index in [1.807, 2.05) is 25.1 Å². The molecule has 0 saturated carbocycles. The van der Waals surface area contributed by atoms with Gasteiger partial charge in [0.05, 0.1) is 0 Å². The Morgan fingerprint density at radius 1 is 0.963 bits per heavy atom. The van der Waals surface area contributed by atoms with Crippen LogP contribution in [0.3, 0.4) is 0 Å². The van der Waals surface area contributed by atoms with Crippen LogP contribution in [0.4, 0.5) is 14.5 Å². The van der Waals surface area contributed by atoms with Gasteiger partial charge in [0.25, 0.3) is 0 Å². The van der Waals surface area contributed by atoms with E-state index in [2.05, 4.69) is 26.7 Å². The second-order valence-corrected chi connectivity index (χ2v) is 8.31. The van der Waals surface area contributed by atoms with Gasteiger partial charge in [-0.3, -0.25) is 4.90 Å². The van der Waals surface area contributed by atoms with Crippen LogP contribution in [0.2, 0.25) is 0 Å². The molecule has 1 N–H and O–H groups in total. The Bertz CT molecular complexity index is 850. The third kappa shape index (κ3) is 4.63. The van der Waals surface area contributed by atoms with E-state index in [4.69, 9.17) is 0 Å². The Labute approximate surface area is 158 Å². The normalized spacial score (nSPS) is 17.1. The van der Waals surface area contributed by atoms with Gasteiger partial charge < -0.3 is 4.90 Å². The fourth-order valence-corrected chi connectivity index (χ4v) is 4.49. The molecule has 0 amide bonds. The summed E-state index contributed by atoms with van der Waals surface area (Å²) in [6.45, 7) is 5.23. The summed E-state index contributed by atoms with van der Waals surface area (Å²) in [5.41, 5.74) is 1.17. The van der Waals surface area contributed by atoms with Crippen LogP contribution >= 0.6 is 0 Å². The molecule has 146 valence electrons. The van der Waals surface area contributed by atoms with Gasteiger partial charge in [-0.2, -0.15) is 0 Å². The maximum atomic E-state index is 13.8. The van der Waals surface area contributed by atoms with Crippen LogP contribution in [0.25, 0.3) is 0 Å². The molecule has 2 aromatic carbocycles. The standard InChI is InChI=1S/C19H23F2N3O2S/c1-15(14-22-27(25,26)19-17(20)8-5-9-18(19)21)23-10-12-24(13-11-23)16-6-3-2-4-7-16/h2-9,15,22H,10-14H2,1H3. The third-order valence-electron chi connectivity index (χ3n) is 4.82. The second kappa shape index (κ2) is 8.33. The average molecular weight is 395 g/mol. The molecule has 1 aliphatic heterocycles. The first-order valence-corrected chi connectivity index (χ1v) is 10.3. The number of anilines is 1. The van der Waals surface area contributed by atoms with Crippen LogP contribution in [0.5, 0.6) is 0 Å². The highest BCUT2D eigenvalue weighted by Crippen LogP contribution is 2.19. The van der Waals surface area contributed by atoms with Crippen LogP contribution in [-0.2, 0) is 10.0 Å². The number of benzene rings is 2. The topological polar surface area (TPSA) is 52.7 Å². The molecule has 0 radical (unpaired) electrons. The fourth-order valence-electron chi connectivity index (χ4n) is 3.23. The Balaban J connectivity index is 1.56. The van der Waals surface area contributed by atoms with E-state index >= 15 is 0 Å². The lowest BCUT2D eigenvalue weighted by molar-refractivity contribution is 0.198. The summed E-state index contributed by atoms with van der Waals surface area (Å²) in [6, 6.07) is 13.0. The largest absolute Gasteiger partial charge is 0.369 e. The predicted molar refractivity (Wildman–Crippen MR) is 101 cm³/mol. The van der Waals surface area contributed by atoms with Crippen molar-refractivity contribution in [3.63, 3.8) is 0 Å². The molecule has 5 nitrogen and oxygen atoms in total. The Morgan fingerprint density at radius 3 is 2.15 bits per heavy atom. The summed E-state index contributed by atoms with van der Waals surface area (Å²) >= 11 is 0. The van der Waals surface area contributed by atoms with Crippen LogP contribution in [0.1, 0.15) is 6.92 Å². The van der Waals surface area contributed by atoms with Crippen molar-refractivity contribution in [2.75, 3.05) is 37.6 Å². The summed E-state index contributed by atoms with van der Waals surface area (Å²) in [7, 11) is -4.25. The quantitative estimate of drug-likeness (QED) is 0.816. The molecule has 2 aromatic rings. The van der Waals surface area contributed by atoms with Gasteiger partial charge in [-0.1, -0.05) is 24.3 Å². The molecule has 1 saturated heterocycles. The summed E-state index contributed by atoms with van der Waals surface area (Å²) in [6.07, 6.45) is 0. The second-order valence-electron chi connectivity index (χ2n) is 6.61. The maximum Gasteiger partial charge on any atom is 0.246 e. The van der Waals surface area contributed by atoms with Crippen molar-refractivity contribution in [1.82, 2.24) is 9.62 Å². The summed E-state index contributed by atoms with van der Waals surface area (Å²) in [5, 5.41) is 0. The lowest BCUT2D eigenvalue weighted by Gasteiger charge is -2.39. The van der Waals surface area contributed by atoms with Crippen molar-refractivity contribution in [1.29, 1.82) is 0 Å². The molecule has 0 bridgehead atoms. The predicted octanol–water partition coefficient (Wildman–Crippen LogP) is 2.45. The zero-order chi connectivity index (χ0) is 19.4. The fraction of sp³-hybridized carbons (Fsp3) is 0.368. The number of piperazine rings is 1. The van der Waals surface area contributed by atoms with Gasteiger partial charge >= 0.3 is 0 Å². The minimum Gasteiger partial charge on any atom is -0.369 e. The van der Waals surface area contributed by atoms with Gasteiger partial charge in [0.15, 0.2) is 4.90 Å². The molecule has 27 heavy (non-hydrogen) atoms. The van der Waals surface area contributed by atoms with E-state index in [1.54, 1.807) is 0 Å². The van der Waals surface area contributed by atoms with Crippen molar-refractivity contribution in [3.05, 3.63) is 60.2 Å². The molecule has 1 heterocycles. The molecule has 0 aromatic heterocycles. The van der Waals surface area contributed by atoms with Crippen molar-refractivity contribution in [2.24, 2.45) is 0 Å². The number of sulfonamides is 1. The monoisotopic (exact) mass is 395 g/mol. The van der Waals surface area contributed by atoms with E-state index in [0.717, 1.165) is 44.4 Å². The van der Waals surface area contributed by atoms with Crippen molar-refractivity contribution >= 4 is 15.7 Å². The minimum atomic E-state index is -4.25. The smallest absolute Gasteiger partial charge is 0.246 e. The van der Waals surface area contributed by atoms with E-state index in [0.29, 0.717) is 0 Å². The lowest BCUT2D eigenvalue weighted by atomic mass is 10.2. The highest BCUT2D eigenvalue weighted by atomic mass is 32.2. The first-order valence-electron chi connectivity index (χ1n) is 8.86. The molecule has 1 unspecified atom stereocenters. The van der Waals surface area contributed by atoms with Gasteiger partial charge in [0.1, 0.15) is 11.6 Å². The SMILES string of the molecule is CC(CNS(=O)(=O)c1c(F)cccc1F)N1CCN(c2ccccc2)CC1. The molecule has 3 rings (SSSR count). The molecule has 1 aliphatic rings.